The number of Topliss-reactive ketones (excluding diaryl/α,β-unsaturated/α-hetero) is 1. The molecule has 3 aromatic rings. The van der Waals surface area contributed by atoms with Crippen molar-refractivity contribution in [1.29, 1.82) is 0 Å². The Morgan fingerprint density at radius 3 is 2.41 bits per heavy atom. The fourth-order valence-corrected chi connectivity index (χ4v) is 5.85. The molecule has 0 bridgehead atoms. The van der Waals surface area contributed by atoms with Crippen LogP contribution >= 0.6 is 0 Å². The second-order valence-electron chi connectivity index (χ2n) is 9.60. The summed E-state index contributed by atoms with van der Waals surface area (Å²) in [6, 6.07) is 16.6. The average Bonchev–Trinajstić information content (AvgIpc) is 3.55. The number of sulfonamides is 1. The van der Waals surface area contributed by atoms with Crippen LogP contribution in [-0.2, 0) is 31.4 Å². The maximum atomic E-state index is 13.4. The first-order valence-electron chi connectivity index (χ1n) is 12.0. The van der Waals surface area contributed by atoms with E-state index in [2.05, 4.69) is 4.72 Å². The monoisotopic (exact) mass is 525 g/mol. The quantitative estimate of drug-likeness (QED) is 0.423. The minimum Gasteiger partial charge on any atom is -0.480 e. The van der Waals surface area contributed by atoms with Crippen LogP contribution in [0.4, 0.5) is 0 Å². The van der Waals surface area contributed by atoms with Gasteiger partial charge in [0.2, 0.25) is 16.8 Å². The van der Waals surface area contributed by atoms with Crippen LogP contribution in [0.2, 0.25) is 0 Å². The Morgan fingerprint density at radius 2 is 1.73 bits per heavy atom. The molecule has 3 aromatic carbocycles. The Morgan fingerprint density at radius 1 is 1.03 bits per heavy atom. The smallest absolute Gasteiger partial charge is 0.321 e. The maximum absolute atomic E-state index is 13.4. The lowest BCUT2D eigenvalue weighted by atomic mass is 9.87. The highest BCUT2D eigenvalue weighted by Gasteiger charge is 2.50. The zero-order valence-corrected chi connectivity index (χ0v) is 21.3. The molecule has 2 N–H and O–H groups in total. The van der Waals surface area contributed by atoms with Gasteiger partial charge in [-0.15, -0.1) is 0 Å². The van der Waals surface area contributed by atoms with Gasteiger partial charge in [0.05, 0.1) is 10.3 Å². The molecule has 37 heavy (non-hydrogen) atoms. The number of hydrogen-bond acceptors (Lipinski definition) is 6. The predicted molar refractivity (Wildman–Crippen MR) is 140 cm³/mol. The van der Waals surface area contributed by atoms with Gasteiger partial charge in [-0.3, -0.25) is 9.59 Å². The standard InChI is InChI=1S/C28H27NO7S.2H2/c1-17-3-4-19(14-26(30)28(11-12-28)21-7-10-24-25(15-21)36-16-35-24)13-23(17)20-5-8-22(9-6-20)37(33,34)29-18(2)27(31)32;;/h3-10,13,15,18,29H,11-12,14,16H2,1-2H3,(H,31,32);2*1H/t18-;;/m0../s1. The number of aliphatic carboxylic acids is 1. The van der Waals surface area contributed by atoms with Gasteiger partial charge < -0.3 is 14.6 Å². The number of carbonyl (C=O) groups excluding carboxylic acids is 1. The van der Waals surface area contributed by atoms with E-state index in [0.717, 1.165) is 40.7 Å². The number of carboxylic acid groups (broad SMARTS) is 1. The third-order valence-electron chi connectivity index (χ3n) is 7.05. The topological polar surface area (TPSA) is 119 Å². The number of carbonyl (C=O) groups is 2. The Balaban J connectivity index is 0.00000210. The van der Waals surface area contributed by atoms with Crippen molar-refractivity contribution in [2.75, 3.05) is 6.79 Å². The fourth-order valence-electron chi connectivity index (χ4n) is 4.66. The summed E-state index contributed by atoms with van der Waals surface area (Å²) in [5.74, 6) is 0.267. The van der Waals surface area contributed by atoms with Crippen molar-refractivity contribution in [3.63, 3.8) is 0 Å². The van der Waals surface area contributed by atoms with E-state index in [9.17, 15) is 18.0 Å². The summed E-state index contributed by atoms with van der Waals surface area (Å²) in [5, 5.41) is 9.00. The number of ether oxygens (including phenoxy) is 2. The van der Waals surface area contributed by atoms with Crippen LogP contribution in [0.25, 0.3) is 11.1 Å². The summed E-state index contributed by atoms with van der Waals surface area (Å²) in [7, 11) is -3.97. The van der Waals surface area contributed by atoms with Crippen LogP contribution in [0.3, 0.4) is 0 Å². The molecule has 1 heterocycles. The van der Waals surface area contributed by atoms with Crippen LogP contribution in [0.15, 0.2) is 65.6 Å². The Labute approximate surface area is 218 Å². The van der Waals surface area contributed by atoms with Crippen LogP contribution in [0.1, 0.15) is 39.3 Å². The normalized spacial score (nSPS) is 16.3. The fraction of sp³-hybridized carbons (Fsp3) is 0.286. The third kappa shape index (κ3) is 4.84. The van der Waals surface area contributed by atoms with Gasteiger partial charge in [-0.1, -0.05) is 36.4 Å². The van der Waals surface area contributed by atoms with Crippen molar-refractivity contribution in [1.82, 2.24) is 4.72 Å². The van der Waals surface area contributed by atoms with E-state index in [1.165, 1.54) is 19.1 Å². The van der Waals surface area contributed by atoms with Gasteiger partial charge >= 0.3 is 5.97 Å². The lowest BCUT2D eigenvalue weighted by molar-refractivity contribution is -0.138. The summed E-state index contributed by atoms with van der Waals surface area (Å²) < 4.78 is 38.0. The summed E-state index contributed by atoms with van der Waals surface area (Å²) in [4.78, 5) is 24.4. The molecule has 1 aliphatic carbocycles. The van der Waals surface area contributed by atoms with Crippen molar-refractivity contribution in [3.05, 3.63) is 77.4 Å². The zero-order chi connectivity index (χ0) is 26.4. The van der Waals surface area contributed by atoms with Gasteiger partial charge in [-0.05, 0) is 78.8 Å². The molecule has 8 nitrogen and oxygen atoms in total. The van der Waals surface area contributed by atoms with E-state index < -0.39 is 27.4 Å². The molecule has 1 fully saturated rings. The molecule has 5 rings (SSSR count). The van der Waals surface area contributed by atoms with E-state index in [-0.39, 0.29) is 26.7 Å². The Hall–Kier alpha value is -3.69. The number of ketones is 1. The predicted octanol–water partition coefficient (Wildman–Crippen LogP) is 4.48. The maximum Gasteiger partial charge on any atom is 0.321 e. The molecule has 2 aliphatic rings. The molecule has 0 saturated heterocycles. The number of nitrogens with one attached hydrogen (secondary N) is 1. The summed E-state index contributed by atoms with van der Waals surface area (Å²) >= 11 is 0. The summed E-state index contributed by atoms with van der Waals surface area (Å²) in [6.07, 6.45) is 1.88. The van der Waals surface area contributed by atoms with Gasteiger partial charge in [0.25, 0.3) is 0 Å². The zero-order valence-electron chi connectivity index (χ0n) is 20.5. The average molecular weight is 526 g/mol. The number of carboxylic acids is 1. The minimum atomic E-state index is -3.97. The lowest BCUT2D eigenvalue weighted by Gasteiger charge is -2.16. The number of rotatable bonds is 9. The van der Waals surface area contributed by atoms with Gasteiger partial charge in [-0.25, -0.2) is 8.42 Å². The van der Waals surface area contributed by atoms with Crippen molar-refractivity contribution in [3.8, 4) is 22.6 Å². The highest BCUT2D eigenvalue weighted by Crippen LogP contribution is 2.51. The van der Waals surface area contributed by atoms with Crippen LogP contribution in [-0.4, -0.2) is 38.1 Å². The molecule has 1 atom stereocenters. The highest BCUT2D eigenvalue weighted by molar-refractivity contribution is 7.89. The van der Waals surface area contributed by atoms with E-state index in [1.807, 2.05) is 43.3 Å². The highest BCUT2D eigenvalue weighted by atomic mass is 32.2. The first-order valence-corrected chi connectivity index (χ1v) is 13.5. The first-order chi connectivity index (χ1) is 17.6. The molecule has 0 radical (unpaired) electrons. The number of hydrogen-bond donors (Lipinski definition) is 2. The third-order valence-corrected chi connectivity index (χ3v) is 8.61. The molecule has 1 saturated carbocycles. The van der Waals surface area contributed by atoms with Gasteiger partial charge in [-0.2, -0.15) is 4.72 Å². The second kappa shape index (κ2) is 9.32. The van der Waals surface area contributed by atoms with E-state index in [1.54, 1.807) is 12.1 Å². The molecule has 0 spiro atoms. The van der Waals surface area contributed by atoms with Gasteiger partial charge in [0.15, 0.2) is 11.5 Å². The van der Waals surface area contributed by atoms with Crippen molar-refractivity contribution < 1.29 is 35.4 Å². The van der Waals surface area contributed by atoms with Crippen LogP contribution in [0, 0.1) is 6.92 Å². The van der Waals surface area contributed by atoms with Crippen molar-refractivity contribution in [2.24, 2.45) is 0 Å². The molecule has 0 unspecified atom stereocenters. The largest absolute Gasteiger partial charge is 0.480 e. The molecule has 0 aromatic heterocycles. The van der Waals surface area contributed by atoms with E-state index >= 15 is 0 Å². The van der Waals surface area contributed by atoms with Crippen molar-refractivity contribution in [2.45, 2.75) is 49.5 Å². The van der Waals surface area contributed by atoms with Gasteiger partial charge in [0, 0.05) is 9.27 Å². The number of aryl methyl sites for hydroxylation is 1. The van der Waals surface area contributed by atoms with Crippen molar-refractivity contribution >= 4 is 21.8 Å². The van der Waals surface area contributed by atoms with Crippen LogP contribution < -0.4 is 14.2 Å². The molecular weight excluding hydrogens is 494 g/mol. The molecule has 0 amide bonds. The molecule has 1 aliphatic heterocycles. The lowest BCUT2D eigenvalue weighted by Crippen LogP contribution is -2.38. The Bertz CT molecular complexity index is 1500. The molecule has 196 valence electrons. The first kappa shape index (κ1) is 25.0. The minimum absolute atomic E-state index is 0. The number of benzene rings is 3. The summed E-state index contributed by atoms with van der Waals surface area (Å²) in [5.41, 5.74) is 4.02. The number of fused-ring (bicyclic) bond motifs is 1. The van der Waals surface area contributed by atoms with E-state index in [0.29, 0.717) is 11.5 Å². The Kier molecular flexibility index (Phi) is 6.29. The SMILES string of the molecule is Cc1ccc(CC(=O)C2(c3ccc4c(c3)OCO4)CC2)cc1-c1ccc(S(=O)(=O)N[C@@H](C)C(=O)O)cc1.[HH].[HH]. The molecule has 9 heteroatoms. The molecular formula is C28H31NO7S. The van der Waals surface area contributed by atoms with E-state index in [4.69, 9.17) is 14.6 Å². The van der Waals surface area contributed by atoms with Gasteiger partial charge in [0.1, 0.15) is 11.8 Å². The van der Waals surface area contributed by atoms with Crippen LogP contribution in [0.5, 0.6) is 11.5 Å². The summed E-state index contributed by atoms with van der Waals surface area (Å²) in [6.45, 7) is 3.41. The second-order valence-corrected chi connectivity index (χ2v) is 11.3.